The van der Waals surface area contributed by atoms with Crippen molar-refractivity contribution in [2.75, 3.05) is 7.05 Å². The summed E-state index contributed by atoms with van der Waals surface area (Å²) in [6.45, 7) is 4.00. The van der Waals surface area contributed by atoms with E-state index in [0.717, 1.165) is 12.8 Å². The van der Waals surface area contributed by atoms with Crippen LogP contribution in [0, 0.1) is 0 Å². The van der Waals surface area contributed by atoms with E-state index in [1.54, 1.807) is 0 Å². The second kappa shape index (κ2) is 6.62. The van der Waals surface area contributed by atoms with Gasteiger partial charge in [0.15, 0.2) is 0 Å². The van der Waals surface area contributed by atoms with E-state index in [2.05, 4.69) is 5.32 Å². The predicted octanol–water partition coefficient (Wildman–Crippen LogP) is 1.54. The van der Waals surface area contributed by atoms with Crippen LogP contribution in [0.1, 0.15) is 39.5 Å². The van der Waals surface area contributed by atoms with Gasteiger partial charge in [0.25, 0.3) is 0 Å². The highest BCUT2D eigenvalue weighted by molar-refractivity contribution is 4.78. The maximum atomic E-state index is 9.31. The van der Waals surface area contributed by atoms with E-state index in [-0.39, 0.29) is 6.10 Å². The molecule has 68 valence electrons. The zero-order valence-corrected chi connectivity index (χ0v) is 7.93. The van der Waals surface area contributed by atoms with Crippen molar-refractivity contribution in [1.82, 2.24) is 5.32 Å². The normalized spacial score (nSPS) is 30.5. The zero-order valence-electron chi connectivity index (χ0n) is 7.93. The van der Waals surface area contributed by atoms with Crippen LogP contribution < -0.4 is 5.32 Å². The Labute approximate surface area is 70.0 Å². The van der Waals surface area contributed by atoms with Crippen molar-refractivity contribution in [2.24, 2.45) is 0 Å². The summed E-state index contributed by atoms with van der Waals surface area (Å²) < 4.78 is 0. The molecule has 2 nitrogen and oxygen atoms in total. The molecule has 0 heterocycles. The van der Waals surface area contributed by atoms with Crippen molar-refractivity contribution in [3.63, 3.8) is 0 Å². The number of aliphatic hydroxyl groups is 1. The van der Waals surface area contributed by atoms with Gasteiger partial charge in [0.2, 0.25) is 0 Å². The molecular weight excluding hydrogens is 138 g/mol. The fraction of sp³-hybridized carbons (Fsp3) is 1.00. The zero-order chi connectivity index (χ0) is 8.69. The quantitative estimate of drug-likeness (QED) is 0.608. The van der Waals surface area contributed by atoms with E-state index in [4.69, 9.17) is 0 Å². The Bertz CT molecular complexity index is 85.6. The van der Waals surface area contributed by atoms with Gasteiger partial charge >= 0.3 is 0 Å². The molecule has 1 fully saturated rings. The average Bonchev–Trinajstić information content (AvgIpc) is 2.09. The van der Waals surface area contributed by atoms with Gasteiger partial charge in [0.05, 0.1) is 6.10 Å². The van der Waals surface area contributed by atoms with E-state index < -0.39 is 0 Å². The van der Waals surface area contributed by atoms with E-state index in [9.17, 15) is 5.11 Å². The molecular formula is C9H21NO. The van der Waals surface area contributed by atoms with Crippen molar-refractivity contribution in [3.05, 3.63) is 0 Å². The molecule has 2 N–H and O–H groups in total. The largest absolute Gasteiger partial charge is 0.392 e. The molecule has 0 spiro atoms. The maximum absolute atomic E-state index is 9.31. The van der Waals surface area contributed by atoms with Crippen molar-refractivity contribution < 1.29 is 5.11 Å². The first-order valence-corrected chi connectivity index (χ1v) is 4.70. The topological polar surface area (TPSA) is 32.3 Å². The molecule has 0 amide bonds. The molecule has 1 rings (SSSR count). The van der Waals surface area contributed by atoms with Crippen molar-refractivity contribution in [3.8, 4) is 0 Å². The third-order valence-corrected chi connectivity index (χ3v) is 2.10. The highest BCUT2D eigenvalue weighted by atomic mass is 16.3. The number of nitrogens with one attached hydrogen (secondary N) is 1. The number of hydrogen-bond acceptors (Lipinski definition) is 2. The molecule has 2 heteroatoms. The fourth-order valence-corrected chi connectivity index (χ4v) is 1.45. The summed E-state index contributed by atoms with van der Waals surface area (Å²) in [5, 5.41) is 12.4. The molecule has 0 radical (unpaired) electrons. The van der Waals surface area contributed by atoms with Gasteiger partial charge in [-0.05, 0) is 19.9 Å². The molecule has 0 bridgehead atoms. The maximum Gasteiger partial charge on any atom is 0.0693 e. The summed E-state index contributed by atoms with van der Waals surface area (Å²) in [5.74, 6) is 0. The molecule has 0 aliphatic heterocycles. The summed E-state index contributed by atoms with van der Waals surface area (Å²) >= 11 is 0. The summed E-state index contributed by atoms with van der Waals surface area (Å²) in [6.07, 6.45) is 4.48. The van der Waals surface area contributed by atoms with Gasteiger partial charge in [-0.15, -0.1) is 0 Å². The van der Waals surface area contributed by atoms with Crippen LogP contribution in [-0.4, -0.2) is 24.3 Å². The van der Waals surface area contributed by atoms with Crippen LogP contribution in [0.3, 0.4) is 0 Å². The Hall–Kier alpha value is -0.0800. The summed E-state index contributed by atoms with van der Waals surface area (Å²) in [5.41, 5.74) is 0. The minimum Gasteiger partial charge on any atom is -0.392 e. The smallest absolute Gasteiger partial charge is 0.0693 e. The van der Waals surface area contributed by atoms with E-state index >= 15 is 0 Å². The molecule has 0 aromatic carbocycles. The molecule has 0 aromatic rings. The first-order valence-electron chi connectivity index (χ1n) is 4.70. The third kappa shape index (κ3) is 3.73. The molecule has 0 aromatic heterocycles. The Morgan fingerprint density at radius 3 is 2.09 bits per heavy atom. The fourth-order valence-electron chi connectivity index (χ4n) is 1.45. The predicted molar refractivity (Wildman–Crippen MR) is 48.7 cm³/mol. The SMILES string of the molecule is CC.CNC1CCCC[C@H]1O. The van der Waals surface area contributed by atoms with Crippen LogP contribution in [0.2, 0.25) is 0 Å². The molecule has 1 saturated carbocycles. The van der Waals surface area contributed by atoms with Gasteiger partial charge in [0, 0.05) is 6.04 Å². The van der Waals surface area contributed by atoms with E-state index in [1.165, 1.54) is 12.8 Å². The van der Waals surface area contributed by atoms with Gasteiger partial charge in [-0.2, -0.15) is 0 Å². The Kier molecular flexibility index (Phi) is 6.57. The molecule has 1 aliphatic rings. The Balaban J connectivity index is 0.000000461. The monoisotopic (exact) mass is 159 g/mol. The summed E-state index contributed by atoms with van der Waals surface area (Å²) in [7, 11) is 1.92. The third-order valence-electron chi connectivity index (χ3n) is 2.10. The minimum absolute atomic E-state index is 0.0938. The number of likely N-dealkylation sites (N-methyl/N-ethyl adjacent to an activating group) is 1. The second-order valence-electron chi connectivity index (χ2n) is 2.75. The van der Waals surface area contributed by atoms with Crippen molar-refractivity contribution >= 4 is 0 Å². The molecule has 2 atom stereocenters. The number of aliphatic hydroxyl groups excluding tert-OH is 1. The van der Waals surface area contributed by atoms with Crippen molar-refractivity contribution in [2.45, 2.75) is 51.7 Å². The first kappa shape index (κ1) is 10.9. The number of rotatable bonds is 1. The lowest BCUT2D eigenvalue weighted by Crippen LogP contribution is -2.39. The van der Waals surface area contributed by atoms with Crippen LogP contribution in [-0.2, 0) is 0 Å². The molecule has 1 unspecified atom stereocenters. The lowest BCUT2D eigenvalue weighted by molar-refractivity contribution is 0.0948. The van der Waals surface area contributed by atoms with Gasteiger partial charge in [-0.3, -0.25) is 0 Å². The minimum atomic E-state index is -0.0938. The highest BCUT2D eigenvalue weighted by Gasteiger charge is 2.20. The van der Waals surface area contributed by atoms with Gasteiger partial charge in [-0.1, -0.05) is 26.7 Å². The highest BCUT2D eigenvalue weighted by Crippen LogP contribution is 2.17. The average molecular weight is 159 g/mol. The van der Waals surface area contributed by atoms with Crippen LogP contribution in [0.15, 0.2) is 0 Å². The first-order chi connectivity index (χ1) is 5.34. The van der Waals surface area contributed by atoms with Gasteiger partial charge in [-0.25, -0.2) is 0 Å². The van der Waals surface area contributed by atoms with Crippen LogP contribution in [0.4, 0.5) is 0 Å². The summed E-state index contributed by atoms with van der Waals surface area (Å²) in [6, 6.07) is 0.360. The van der Waals surface area contributed by atoms with Crippen LogP contribution >= 0.6 is 0 Å². The lowest BCUT2D eigenvalue weighted by atomic mass is 9.93. The molecule has 1 aliphatic carbocycles. The van der Waals surface area contributed by atoms with Gasteiger partial charge < -0.3 is 10.4 Å². The van der Waals surface area contributed by atoms with Gasteiger partial charge in [0.1, 0.15) is 0 Å². The number of hydrogen-bond donors (Lipinski definition) is 2. The standard InChI is InChI=1S/C7H15NO.C2H6/c1-8-6-4-2-3-5-7(6)9;1-2/h6-9H,2-5H2,1H3;1-2H3/t6?,7-;/m1./s1. The second-order valence-corrected chi connectivity index (χ2v) is 2.75. The van der Waals surface area contributed by atoms with E-state index in [0.29, 0.717) is 6.04 Å². The van der Waals surface area contributed by atoms with Crippen LogP contribution in [0.25, 0.3) is 0 Å². The summed E-state index contributed by atoms with van der Waals surface area (Å²) in [4.78, 5) is 0. The Morgan fingerprint density at radius 2 is 1.73 bits per heavy atom. The van der Waals surface area contributed by atoms with Crippen LogP contribution in [0.5, 0.6) is 0 Å². The van der Waals surface area contributed by atoms with Crippen molar-refractivity contribution in [1.29, 1.82) is 0 Å². The molecule has 11 heavy (non-hydrogen) atoms. The lowest BCUT2D eigenvalue weighted by Gasteiger charge is -2.26. The Morgan fingerprint density at radius 1 is 1.18 bits per heavy atom. The molecule has 0 saturated heterocycles. The van der Waals surface area contributed by atoms with E-state index in [1.807, 2.05) is 20.9 Å².